The fraction of sp³-hybridized carbons (Fsp3) is 0.875. The van der Waals surface area contributed by atoms with Crippen LogP contribution < -0.4 is 5.32 Å². The SMILES string of the molecule is COC(=O)NCCC(C)(C)OCCC(C)(C)SSCCOC(C)=O. The van der Waals surface area contributed by atoms with Crippen LogP contribution in [0.1, 0.15) is 47.5 Å². The van der Waals surface area contributed by atoms with Crippen molar-refractivity contribution in [2.75, 3.05) is 32.6 Å². The lowest BCUT2D eigenvalue weighted by Crippen LogP contribution is -2.33. The topological polar surface area (TPSA) is 73.9 Å². The number of hydrogen-bond acceptors (Lipinski definition) is 7. The van der Waals surface area contributed by atoms with Gasteiger partial charge in [-0.05, 0) is 40.5 Å². The monoisotopic (exact) mass is 381 g/mol. The van der Waals surface area contributed by atoms with Crippen molar-refractivity contribution in [1.29, 1.82) is 0 Å². The van der Waals surface area contributed by atoms with Crippen LogP contribution in [0.3, 0.4) is 0 Å². The molecule has 0 rings (SSSR count). The van der Waals surface area contributed by atoms with Crippen LogP contribution in [0.2, 0.25) is 0 Å². The smallest absolute Gasteiger partial charge is 0.406 e. The normalized spacial score (nSPS) is 11.9. The molecule has 0 aromatic heterocycles. The molecular weight excluding hydrogens is 350 g/mol. The van der Waals surface area contributed by atoms with Crippen LogP contribution in [0.15, 0.2) is 0 Å². The maximum absolute atomic E-state index is 11.0. The van der Waals surface area contributed by atoms with Crippen LogP contribution in [0.4, 0.5) is 4.79 Å². The molecule has 24 heavy (non-hydrogen) atoms. The van der Waals surface area contributed by atoms with Gasteiger partial charge in [0.15, 0.2) is 0 Å². The molecule has 0 bridgehead atoms. The molecule has 0 aliphatic carbocycles. The van der Waals surface area contributed by atoms with E-state index in [-0.39, 0.29) is 16.3 Å². The van der Waals surface area contributed by atoms with Crippen LogP contribution in [-0.4, -0.2) is 55.0 Å². The predicted molar refractivity (Wildman–Crippen MR) is 100 cm³/mol. The van der Waals surface area contributed by atoms with Gasteiger partial charge in [0.25, 0.3) is 0 Å². The minimum atomic E-state index is -0.422. The van der Waals surface area contributed by atoms with Crippen molar-refractivity contribution in [1.82, 2.24) is 5.32 Å². The molecule has 1 N–H and O–H groups in total. The lowest BCUT2D eigenvalue weighted by atomic mass is 10.0. The van der Waals surface area contributed by atoms with Crippen molar-refractivity contribution < 1.29 is 23.8 Å². The fourth-order valence-corrected chi connectivity index (χ4v) is 4.03. The van der Waals surface area contributed by atoms with Crippen molar-refractivity contribution in [3.8, 4) is 0 Å². The first-order valence-corrected chi connectivity index (χ1v) is 10.3. The number of rotatable bonds is 12. The highest BCUT2D eigenvalue weighted by Crippen LogP contribution is 2.38. The third-order valence-electron chi connectivity index (χ3n) is 3.14. The van der Waals surface area contributed by atoms with Crippen LogP contribution in [-0.2, 0) is 19.0 Å². The number of methoxy groups -OCH3 is 1. The van der Waals surface area contributed by atoms with E-state index < -0.39 is 6.09 Å². The van der Waals surface area contributed by atoms with E-state index in [1.54, 1.807) is 21.6 Å². The van der Waals surface area contributed by atoms with Crippen LogP contribution in [0, 0.1) is 0 Å². The molecule has 8 heteroatoms. The summed E-state index contributed by atoms with van der Waals surface area (Å²) >= 11 is 0. The van der Waals surface area contributed by atoms with Gasteiger partial charge >= 0.3 is 12.1 Å². The Bertz CT molecular complexity index is 389. The highest BCUT2D eigenvalue weighted by Gasteiger charge is 2.23. The Morgan fingerprint density at radius 1 is 1.08 bits per heavy atom. The number of hydrogen-bond donors (Lipinski definition) is 1. The minimum absolute atomic E-state index is 0.0707. The van der Waals surface area contributed by atoms with Crippen molar-refractivity contribution in [2.24, 2.45) is 0 Å². The number of esters is 1. The van der Waals surface area contributed by atoms with Gasteiger partial charge in [0, 0.05) is 30.6 Å². The summed E-state index contributed by atoms with van der Waals surface area (Å²) in [4.78, 5) is 21.7. The Kier molecular flexibility index (Phi) is 11.6. The van der Waals surface area contributed by atoms with E-state index in [9.17, 15) is 9.59 Å². The van der Waals surface area contributed by atoms with Crippen LogP contribution in [0.5, 0.6) is 0 Å². The molecule has 0 atom stereocenters. The lowest BCUT2D eigenvalue weighted by Gasteiger charge is -2.29. The third kappa shape index (κ3) is 13.8. The molecular formula is C16H31NO5S2. The molecule has 0 radical (unpaired) electrons. The second-order valence-corrected chi connectivity index (χ2v) is 9.65. The minimum Gasteiger partial charge on any atom is -0.465 e. The molecule has 0 aromatic carbocycles. The Morgan fingerprint density at radius 2 is 1.75 bits per heavy atom. The third-order valence-corrected chi connectivity index (χ3v) is 6.45. The molecule has 0 saturated heterocycles. The highest BCUT2D eigenvalue weighted by atomic mass is 33.1. The zero-order valence-corrected chi connectivity index (χ0v) is 17.2. The van der Waals surface area contributed by atoms with Gasteiger partial charge in [0.05, 0.1) is 12.7 Å². The maximum atomic E-state index is 11.0. The van der Waals surface area contributed by atoms with Crippen molar-refractivity contribution >= 4 is 33.7 Å². The maximum Gasteiger partial charge on any atom is 0.406 e. The first-order chi connectivity index (χ1) is 11.1. The molecule has 6 nitrogen and oxygen atoms in total. The van der Waals surface area contributed by atoms with Crippen LogP contribution in [0.25, 0.3) is 0 Å². The molecule has 0 aliphatic heterocycles. The van der Waals surface area contributed by atoms with Gasteiger partial charge in [-0.2, -0.15) is 0 Å². The van der Waals surface area contributed by atoms with Crippen LogP contribution >= 0.6 is 21.6 Å². The summed E-state index contributed by atoms with van der Waals surface area (Å²) in [6.07, 6.45) is 1.20. The summed E-state index contributed by atoms with van der Waals surface area (Å²) < 4.78 is 15.5. The van der Waals surface area contributed by atoms with Gasteiger partial charge in [0.1, 0.15) is 6.61 Å². The summed E-state index contributed by atoms with van der Waals surface area (Å²) in [5, 5.41) is 2.66. The molecule has 0 aromatic rings. The fourth-order valence-electron chi connectivity index (χ4n) is 1.65. The first-order valence-electron chi connectivity index (χ1n) is 7.98. The lowest BCUT2D eigenvalue weighted by molar-refractivity contribution is -0.140. The van der Waals surface area contributed by atoms with Crippen molar-refractivity contribution in [2.45, 2.75) is 57.8 Å². The summed E-state index contributed by atoms with van der Waals surface area (Å²) in [6, 6.07) is 0. The van der Waals surface area contributed by atoms with Gasteiger partial charge in [-0.25, -0.2) is 4.79 Å². The summed E-state index contributed by atoms with van der Waals surface area (Å²) in [6.45, 7) is 11.4. The second-order valence-electron chi connectivity index (χ2n) is 6.53. The van der Waals surface area contributed by atoms with E-state index in [1.807, 2.05) is 13.8 Å². The molecule has 0 aliphatic rings. The van der Waals surface area contributed by atoms with Gasteiger partial charge in [-0.15, -0.1) is 0 Å². The molecule has 0 saturated carbocycles. The number of carbonyl (C=O) groups is 2. The van der Waals surface area contributed by atoms with Gasteiger partial charge in [-0.3, -0.25) is 4.79 Å². The quantitative estimate of drug-likeness (QED) is 0.314. The molecule has 0 unspecified atom stereocenters. The largest absolute Gasteiger partial charge is 0.465 e. The van der Waals surface area contributed by atoms with Gasteiger partial charge in [-0.1, -0.05) is 21.6 Å². The Labute approximate surface area is 153 Å². The van der Waals surface area contributed by atoms with E-state index in [0.717, 1.165) is 12.2 Å². The number of alkyl carbamates (subject to hydrolysis) is 1. The number of nitrogens with one attached hydrogen (secondary N) is 1. The van der Waals surface area contributed by atoms with E-state index in [0.29, 0.717) is 26.2 Å². The predicted octanol–water partition coefficient (Wildman–Crippen LogP) is 3.64. The Morgan fingerprint density at radius 3 is 2.33 bits per heavy atom. The van der Waals surface area contributed by atoms with E-state index in [2.05, 4.69) is 23.9 Å². The standard InChI is InChI=1S/C16H31NO5S2/c1-13(18)21-11-12-23-24-16(4,5)8-10-22-15(2,3)7-9-17-14(19)20-6/h7-12H2,1-6H3,(H,17,19). The van der Waals surface area contributed by atoms with Gasteiger partial charge in [0.2, 0.25) is 0 Å². The molecule has 1 amide bonds. The molecule has 0 heterocycles. The second kappa shape index (κ2) is 11.9. The average Bonchev–Trinajstić information content (AvgIpc) is 2.45. The van der Waals surface area contributed by atoms with E-state index in [1.165, 1.54) is 14.0 Å². The molecule has 0 spiro atoms. The van der Waals surface area contributed by atoms with Crippen molar-refractivity contribution in [3.05, 3.63) is 0 Å². The zero-order chi connectivity index (χ0) is 18.6. The van der Waals surface area contributed by atoms with Crippen molar-refractivity contribution in [3.63, 3.8) is 0 Å². The number of amides is 1. The molecule has 142 valence electrons. The van der Waals surface area contributed by atoms with E-state index >= 15 is 0 Å². The Balaban J connectivity index is 3.87. The zero-order valence-electron chi connectivity index (χ0n) is 15.6. The van der Waals surface area contributed by atoms with E-state index in [4.69, 9.17) is 9.47 Å². The first kappa shape index (κ1) is 23.4. The number of carbonyl (C=O) groups excluding carboxylic acids is 2. The summed E-state index contributed by atoms with van der Waals surface area (Å²) in [7, 11) is 4.83. The number of ether oxygens (including phenoxy) is 3. The van der Waals surface area contributed by atoms with Gasteiger partial charge < -0.3 is 19.5 Å². The molecule has 0 fully saturated rings. The average molecular weight is 382 g/mol. The summed E-state index contributed by atoms with van der Waals surface area (Å²) in [5.41, 5.74) is -0.301. The highest BCUT2D eigenvalue weighted by molar-refractivity contribution is 8.77. The Hall–Kier alpha value is -0.600. The summed E-state index contributed by atoms with van der Waals surface area (Å²) in [5.74, 6) is 0.538.